The molecule has 0 radical (unpaired) electrons. The molecule has 1 fully saturated rings. The molecular weight excluding hydrogens is 256 g/mol. The summed E-state index contributed by atoms with van der Waals surface area (Å²) in [7, 11) is 0. The van der Waals surface area contributed by atoms with Gasteiger partial charge in [0, 0.05) is 31.9 Å². The van der Waals surface area contributed by atoms with Crippen molar-refractivity contribution in [2.24, 2.45) is 10.9 Å². The number of amidine groups is 1. The molecule has 0 bridgehead atoms. The fraction of sp³-hybridized carbons (Fsp3) is 0.571. The van der Waals surface area contributed by atoms with Gasteiger partial charge in [-0.15, -0.1) is 0 Å². The van der Waals surface area contributed by atoms with Gasteiger partial charge in [-0.1, -0.05) is 17.6 Å². The van der Waals surface area contributed by atoms with E-state index in [1.165, 1.54) is 19.3 Å². The second-order valence-corrected chi connectivity index (χ2v) is 5.13. The van der Waals surface area contributed by atoms with Gasteiger partial charge in [-0.25, -0.2) is 0 Å². The van der Waals surface area contributed by atoms with E-state index in [2.05, 4.69) is 15.0 Å². The molecule has 0 atom stereocenters. The van der Waals surface area contributed by atoms with Gasteiger partial charge in [-0.3, -0.25) is 9.88 Å². The summed E-state index contributed by atoms with van der Waals surface area (Å²) in [5.74, 6) is 0.0383. The maximum Gasteiger partial charge on any atom is 0.189 e. The Morgan fingerprint density at radius 3 is 2.90 bits per heavy atom. The quantitative estimate of drug-likeness (QED) is 0.298. The molecule has 1 aromatic heterocycles. The third kappa shape index (κ3) is 3.46. The number of hydrogen-bond acceptors (Lipinski definition) is 5. The standard InChI is InChI=1S/C14H22N4O2/c15-14(17-20)13-11(4-2-7-16-13)10-18(8-3-9-19)12-5-1-6-12/h2,4,7,12,19-20H,1,3,5-6,8-10H2,(H2,15,17). The van der Waals surface area contributed by atoms with Crippen LogP contribution in [0.5, 0.6) is 0 Å². The Balaban J connectivity index is 2.13. The lowest BCUT2D eigenvalue weighted by Crippen LogP contribution is -2.41. The average molecular weight is 278 g/mol. The molecule has 1 saturated carbocycles. The van der Waals surface area contributed by atoms with Crippen LogP contribution in [0.2, 0.25) is 0 Å². The fourth-order valence-electron chi connectivity index (χ4n) is 2.48. The molecule has 2 rings (SSSR count). The smallest absolute Gasteiger partial charge is 0.189 e. The topological polar surface area (TPSA) is 95.0 Å². The van der Waals surface area contributed by atoms with E-state index < -0.39 is 0 Å². The first kappa shape index (κ1) is 14.7. The maximum absolute atomic E-state index is 9.02. The summed E-state index contributed by atoms with van der Waals surface area (Å²) in [5, 5.41) is 20.9. The number of aliphatic hydroxyl groups is 1. The molecule has 0 spiro atoms. The molecule has 1 aliphatic rings. The van der Waals surface area contributed by atoms with Crippen molar-refractivity contribution >= 4 is 5.84 Å². The number of oxime groups is 1. The Morgan fingerprint density at radius 1 is 1.50 bits per heavy atom. The minimum atomic E-state index is 0.0383. The zero-order chi connectivity index (χ0) is 14.4. The van der Waals surface area contributed by atoms with Crippen LogP contribution in [-0.4, -0.2) is 45.2 Å². The average Bonchev–Trinajstić information content (AvgIpc) is 2.42. The Kier molecular flexibility index (Phi) is 5.31. The molecule has 0 saturated heterocycles. The van der Waals surface area contributed by atoms with E-state index >= 15 is 0 Å². The van der Waals surface area contributed by atoms with E-state index in [1.807, 2.05) is 12.1 Å². The van der Waals surface area contributed by atoms with Crippen molar-refractivity contribution in [2.75, 3.05) is 13.2 Å². The molecule has 1 aliphatic carbocycles. The molecule has 6 heteroatoms. The molecule has 0 amide bonds. The van der Waals surface area contributed by atoms with Crippen LogP contribution in [0.15, 0.2) is 23.5 Å². The first-order valence-electron chi connectivity index (χ1n) is 7.03. The fourth-order valence-corrected chi connectivity index (χ4v) is 2.48. The highest BCUT2D eigenvalue weighted by molar-refractivity contribution is 5.96. The Hall–Kier alpha value is -1.66. The largest absolute Gasteiger partial charge is 0.409 e. The number of nitrogens with two attached hydrogens (primary N) is 1. The molecule has 6 nitrogen and oxygen atoms in total. The van der Waals surface area contributed by atoms with Crippen LogP contribution in [0.1, 0.15) is 36.9 Å². The van der Waals surface area contributed by atoms with Crippen LogP contribution in [0.4, 0.5) is 0 Å². The molecule has 110 valence electrons. The molecular formula is C14H22N4O2. The summed E-state index contributed by atoms with van der Waals surface area (Å²) < 4.78 is 0. The van der Waals surface area contributed by atoms with Crippen LogP contribution < -0.4 is 5.73 Å². The minimum absolute atomic E-state index is 0.0383. The summed E-state index contributed by atoms with van der Waals surface area (Å²) in [5.41, 5.74) is 7.15. The molecule has 0 aliphatic heterocycles. The van der Waals surface area contributed by atoms with Crippen molar-refractivity contribution in [1.29, 1.82) is 0 Å². The Morgan fingerprint density at radius 2 is 2.30 bits per heavy atom. The van der Waals surface area contributed by atoms with Crippen molar-refractivity contribution in [2.45, 2.75) is 38.3 Å². The van der Waals surface area contributed by atoms with E-state index in [-0.39, 0.29) is 12.4 Å². The first-order chi connectivity index (χ1) is 9.76. The summed E-state index contributed by atoms with van der Waals surface area (Å²) in [4.78, 5) is 6.55. The summed E-state index contributed by atoms with van der Waals surface area (Å²) in [6, 6.07) is 4.38. The van der Waals surface area contributed by atoms with Gasteiger partial charge < -0.3 is 16.0 Å². The minimum Gasteiger partial charge on any atom is -0.409 e. The van der Waals surface area contributed by atoms with Crippen molar-refractivity contribution in [3.05, 3.63) is 29.6 Å². The zero-order valence-electron chi connectivity index (χ0n) is 11.6. The van der Waals surface area contributed by atoms with Gasteiger partial charge >= 0.3 is 0 Å². The lowest BCUT2D eigenvalue weighted by Gasteiger charge is -2.37. The highest BCUT2D eigenvalue weighted by Crippen LogP contribution is 2.26. The monoisotopic (exact) mass is 278 g/mol. The van der Waals surface area contributed by atoms with Gasteiger partial charge in [0.15, 0.2) is 5.84 Å². The van der Waals surface area contributed by atoms with Gasteiger partial charge in [0.25, 0.3) is 0 Å². The van der Waals surface area contributed by atoms with Crippen LogP contribution in [0.3, 0.4) is 0 Å². The second kappa shape index (κ2) is 7.21. The van der Waals surface area contributed by atoms with E-state index in [4.69, 9.17) is 16.0 Å². The highest BCUT2D eigenvalue weighted by Gasteiger charge is 2.25. The number of nitrogens with zero attached hydrogens (tertiary/aromatic N) is 3. The Labute approximate surface area is 118 Å². The van der Waals surface area contributed by atoms with Crippen molar-refractivity contribution in [1.82, 2.24) is 9.88 Å². The predicted molar refractivity (Wildman–Crippen MR) is 76.5 cm³/mol. The lowest BCUT2D eigenvalue weighted by atomic mass is 9.91. The van der Waals surface area contributed by atoms with Gasteiger partial charge in [0.05, 0.1) is 0 Å². The van der Waals surface area contributed by atoms with Gasteiger partial charge in [-0.2, -0.15) is 0 Å². The molecule has 4 N–H and O–H groups in total. The normalized spacial score (nSPS) is 16.4. The number of pyridine rings is 1. The third-order valence-electron chi connectivity index (χ3n) is 3.81. The summed E-state index contributed by atoms with van der Waals surface area (Å²) in [6.07, 6.45) is 6.06. The Bertz CT molecular complexity index is 460. The maximum atomic E-state index is 9.02. The van der Waals surface area contributed by atoms with Crippen molar-refractivity contribution in [3.8, 4) is 0 Å². The summed E-state index contributed by atoms with van der Waals surface area (Å²) in [6.45, 7) is 1.76. The van der Waals surface area contributed by atoms with E-state index in [9.17, 15) is 0 Å². The number of rotatable bonds is 7. The lowest BCUT2D eigenvalue weighted by molar-refractivity contribution is 0.109. The predicted octanol–water partition coefficient (Wildman–Crippen LogP) is 0.913. The van der Waals surface area contributed by atoms with Crippen molar-refractivity contribution in [3.63, 3.8) is 0 Å². The highest BCUT2D eigenvalue weighted by atomic mass is 16.4. The molecule has 1 heterocycles. The number of hydrogen-bond donors (Lipinski definition) is 3. The van der Waals surface area contributed by atoms with E-state index in [1.54, 1.807) is 6.20 Å². The van der Waals surface area contributed by atoms with Crippen LogP contribution >= 0.6 is 0 Å². The van der Waals surface area contributed by atoms with Gasteiger partial charge in [-0.05, 0) is 30.9 Å². The molecule has 0 aromatic carbocycles. The zero-order valence-corrected chi connectivity index (χ0v) is 11.6. The summed E-state index contributed by atoms with van der Waals surface area (Å²) >= 11 is 0. The van der Waals surface area contributed by atoms with Gasteiger partial charge in [0.1, 0.15) is 5.69 Å². The number of aromatic nitrogens is 1. The first-order valence-corrected chi connectivity index (χ1v) is 7.03. The molecule has 0 unspecified atom stereocenters. The number of aliphatic hydroxyl groups excluding tert-OH is 1. The molecule has 20 heavy (non-hydrogen) atoms. The third-order valence-corrected chi connectivity index (χ3v) is 3.81. The van der Waals surface area contributed by atoms with Crippen LogP contribution in [-0.2, 0) is 6.54 Å². The van der Waals surface area contributed by atoms with E-state index in [0.717, 1.165) is 18.5 Å². The second-order valence-electron chi connectivity index (χ2n) is 5.13. The van der Waals surface area contributed by atoms with Crippen LogP contribution in [0, 0.1) is 0 Å². The van der Waals surface area contributed by atoms with Gasteiger partial charge in [0.2, 0.25) is 0 Å². The van der Waals surface area contributed by atoms with E-state index in [0.29, 0.717) is 18.3 Å². The van der Waals surface area contributed by atoms with Crippen molar-refractivity contribution < 1.29 is 10.3 Å². The van der Waals surface area contributed by atoms with Crippen LogP contribution in [0.25, 0.3) is 0 Å². The molecule has 1 aromatic rings. The SMILES string of the molecule is N/C(=N/O)c1ncccc1CN(CCCO)C1CCC1.